The van der Waals surface area contributed by atoms with Gasteiger partial charge in [-0.1, -0.05) is 133 Å². The van der Waals surface area contributed by atoms with Crippen LogP contribution < -0.4 is 20.7 Å². The Morgan fingerprint density at radius 1 is 0.438 bits per heavy atom. The number of nitriles is 2. The third-order valence-electron chi connectivity index (χ3n) is 9.43. The third-order valence-corrected chi connectivity index (χ3v) is 14.2. The Morgan fingerprint density at radius 2 is 1.00 bits per heavy atom. The number of aromatic nitrogens is 1. The topological polar surface area (TPSA) is 52.5 Å². The van der Waals surface area contributed by atoms with Gasteiger partial charge in [-0.15, -0.1) is 0 Å². The molecule has 4 heteroatoms. The van der Waals surface area contributed by atoms with Gasteiger partial charge in [-0.05, 0) is 74.3 Å². The first-order valence-corrected chi connectivity index (χ1v) is 18.0. The molecule has 48 heavy (non-hydrogen) atoms. The molecule has 0 aliphatic carbocycles. The second-order valence-electron chi connectivity index (χ2n) is 12.0. The molecule has 1 aromatic heterocycles. The van der Waals surface area contributed by atoms with Crippen LogP contribution in [-0.4, -0.2) is 12.6 Å². The lowest BCUT2D eigenvalue weighted by Crippen LogP contribution is -2.74. The average Bonchev–Trinajstić information content (AvgIpc) is 3.50. The Morgan fingerprint density at radius 3 is 1.58 bits per heavy atom. The van der Waals surface area contributed by atoms with Crippen molar-refractivity contribution in [1.82, 2.24) is 4.57 Å². The summed E-state index contributed by atoms with van der Waals surface area (Å²) in [4.78, 5) is 0. The zero-order valence-corrected chi connectivity index (χ0v) is 27.1. The van der Waals surface area contributed by atoms with Crippen molar-refractivity contribution in [3.8, 4) is 29.0 Å². The fraction of sp³-hybridized carbons (Fsp3) is 0. The Kier molecular flexibility index (Phi) is 7.27. The molecule has 7 aromatic carbocycles. The van der Waals surface area contributed by atoms with Crippen molar-refractivity contribution in [2.45, 2.75) is 0 Å². The van der Waals surface area contributed by atoms with E-state index in [0.29, 0.717) is 11.1 Å². The summed E-state index contributed by atoms with van der Waals surface area (Å²) in [6.07, 6.45) is 0. The van der Waals surface area contributed by atoms with Crippen LogP contribution in [0.2, 0.25) is 0 Å². The van der Waals surface area contributed by atoms with E-state index in [0.717, 1.165) is 38.6 Å². The van der Waals surface area contributed by atoms with Crippen LogP contribution in [0.4, 0.5) is 0 Å². The molecule has 0 saturated carbocycles. The summed E-state index contributed by atoms with van der Waals surface area (Å²) in [7, 11) is -2.75. The number of hydrogen-bond donors (Lipinski definition) is 0. The molecule has 3 nitrogen and oxygen atoms in total. The zero-order chi connectivity index (χ0) is 32.5. The summed E-state index contributed by atoms with van der Waals surface area (Å²) in [6, 6.07) is 66.2. The maximum absolute atomic E-state index is 10.6. The van der Waals surface area contributed by atoms with Crippen molar-refractivity contribution in [2.24, 2.45) is 0 Å². The minimum absolute atomic E-state index is 0.645. The fourth-order valence-corrected chi connectivity index (χ4v) is 12.1. The van der Waals surface area contributed by atoms with Crippen LogP contribution in [0.5, 0.6) is 0 Å². The molecule has 0 bridgehead atoms. The standard InChI is InChI=1S/C44H29N3Si/c45-30-32-20-27-44-42(28-32)41-18-10-11-19-43(41)47(44)35-23-21-33(22-24-35)40-26-25-39(29-34(40)31-46)48(36-12-4-1-5-13-36,37-14-6-2-7-15-37)38-16-8-3-9-17-38/h1-29H. The van der Waals surface area contributed by atoms with Gasteiger partial charge in [0.2, 0.25) is 0 Å². The minimum Gasteiger partial charge on any atom is -0.309 e. The van der Waals surface area contributed by atoms with Crippen LogP contribution >= 0.6 is 0 Å². The van der Waals surface area contributed by atoms with Crippen molar-refractivity contribution >= 4 is 50.6 Å². The van der Waals surface area contributed by atoms with Crippen molar-refractivity contribution in [3.05, 3.63) is 187 Å². The summed E-state index contributed by atoms with van der Waals surface area (Å²) >= 11 is 0. The van der Waals surface area contributed by atoms with Gasteiger partial charge < -0.3 is 4.57 Å². The summed E-state index contributed by atoms with van der Waals surface area (Å²) in [6.45, 7) is 0. The van der Waals surface area contributed by atoms with Crippen molar-refractivity contribution in [3.63, 3.8) is 0 Å². The summed E-state index contributed by atoms with van der Waals surface area (Å²) < 4.78 is 2.24. The van der Waals surface area contributed by atoms with Gasteiger partial charge in [0.25, 0.3) is 0 Å². The maximum atomic E-state index is 10.6. The monoisotopic (exact) mass is 627 g/mol. The molecule has 0 radical (unpaired) electrons. The SMILES string of the molecule is N#Cc1ccc2c(c1)c1ccccc1n2-c1ccc(-c2ccc([Si](c3ccccc3)(c3ccccc3)c3ccccc3)cc2C#N)cc1. The van der Waals surface area contributed by atoms with Crippen LogP contribution in [0.1, 0.15) is 11.1 Å². The Hall–Kier alpha value is -6.46. The second-order valence-corrected chi connectivity index (χ2v) is 15.8. The molecule has 0 amide bonds. The molecule has 1 heterocycles. The molecule has 0 spiro atoms. The normalized spacial score (nSPS) is 11.3. The summed E-state index contributed by atoms with van der Waals surface area (Å²) in [5, 5.41) is 27.3. The second kappa shape index (κ2) is 12.0. The van der Waals surface area contributed by atoms with Crippen LogP contribution in [0.25, 0.3) is 38.6 Å². The number of nitrogens with zero attached hydrogens (tertiary/aromatic N) is 3. The highest BCUT2D eigenvalue weighted by molar-refractivity contribution is 7.19. The molecule has 8 rings (SSSR count). The molecule has 0 N–H and O–H groups in total. The number of rotatable bonds is 6. The van der Waals surface area contributed by atoms with E-state index >= 15 is 0 Å². The number of benzene rings is 7. The lowest BCUT2D eigenvalue weighted by Gasteiger charge is -2.34. The Labute approximate surface area is 280 Å². The molecule has 0 saturated heterocycles. The van der Waals surface area contributed by atoms with E-state index in [-0.39, 0.29) is 0 Å². The fourth-order valence-electron chi connectivity index (χ4n) is 7.30. The Bertz CT molecular complexity index is 2410. The van der Waals surface area contributed by atoms with Crippen molar-refractivity contribution < 1.29 is 0 Å². The number of hydrogen-bond acceptors (Lipinski definition) is 2. The van der Waals surface area contributed by atoms with E-state index in [4.69, 9.17) is 0 Å². The van der Waals surface area contributed by atoms with Crippen LogP contribution in [0, 0.1) is 22.7 Å². The molecule has 0 aliphatic rings. The predicted molar refractivity (Wildman–Crippen MR) is 199 cm³/mol. The van der Waals surface area contributed by atoms with E-state index in [1.807, 2.05) is 30.3 Å². The van der Waals surface area contributed by atoms with Gasteiger partial charge in [0.15, 0.2) is 8.07 Å². The molecule has 0 fully saturated rings. The van der Waals surface area contributed by atoms with Gasteiger partial charge >= 0.3 is 0 Å². The quantitative estimate of drug-likeness (QED) is 0.141. The maximum Gasteiger partial charge on any atom is 0.179 e. The molecule has 8 aromatic rings. The number of para-hydroxylation sites is 1. The van der Waals surface area contributed by atoms with E-state index in [1.165, 1.54) is 20.7 Å². The summed E-state index contributed by atoms with van der Waals surface area (Å²) in [5.41, 5.74) is 6.35. The van der Waals surface area contributed by atoms with E-state index in [2.05, 4.69) is 162 Å². The van der Waals surface area contributed by atoms with Gasteiger partial charge in [0.05, 0.1) is 34.3 Å². The predicted octanol–water partition coefficient (Wildman–Crippen LogP) is 7.57. The van der Waals surface area contributed by atoms with Crippen LogP contribution in [0.3, 0.4) is 0 Å². The van der Waals surface area contributed by atoms with E-state index in [9.17, 15) is 10.5 Å². The first kappa shape index (κ1) is 29.0. The molecule has 0 unspecified atom stereocenters. The van der Waals surface area contributed by atoms with Crippen molar-refractivity contribution in [2.75, 3.05) is 0 Å². The molecule has 0 atom stereocenters. The molecule has 0 aliphatic heterocycles. The van der Waals surface area contributed by atoms with Gasteiger partial charge in [-0.2, -0.15) is 10.5 Å². The van der Waals surface area contributed by atoms with Crippen LogP contribution in [-0.2, 0) is 0 Å². The lowest BCUT2D eigenvalue weighted by atomic mass is 10.00. The summed E-state index contributed by atoms with van der Waals surface area (Å²) in [5.74, 6) is 0. The highest BCUT2D eigenvalue weighted by atomic mass is 28.3. The largest absolute Gasteiger partial charge is 0.309 e. The van der Waals surface area contributed by atoms with Gasteiger partial charge in [0, 0.05) is 16.5 Å². The number of fused-ring (bicyclic) bond motifs is 3. The van der Waals surface area contributed by atoms with E-state index in [1.54, 1.807) is 0 Å². The third kappa shape index (κ3) is 4.64. The van der Waals surface area contributed by atoms with Gasteiger partial charge in [-0.3, -0.25) is 0 Å². The average molecular weight is 628 g/mol. The highest BCUT2D eigenvalue weighted by Gasteiger charge is 2.41. The van der Waals surface area contributed by atoms with Gasteiger partial charge in [0.1, 0.15) is 0 Å². The molecular formula is C44H29N3Si. The highest BCUT2D eigenvalue weighted by Crippen LogP contribution is 2.33. The van der Waals surface area contributed by atoms with Gasteiger partial charge in [-0.25, -0.2) is 0 Å². The van der Waals surface area contributed by atoms with E-state index < -0.39 is 8.07 Å². The zero-order valence-electron chi connectivity index (χ0n) is 26.1. The minimum atomic E-state index is -2.75. The van der Waals surface area contributed by atoms with Crippen LogP contribution in [0.15, 0.2) is 176 Å². The molecular weight excluding hydrogens is 599 g/mol. The Balaban J connectivity index is 1.27. The first-order valence-electron chi connectivity index (χ1n) is 16.0. The first-order chi connectivity index (χ1) is 23.7. The smallest absolute Gasteiger partial charge is 0.179 e. The lowest BCUT2D eigenvalue weighted by molar-refractivity contribution is 1.18. The molecule has 224 valence electrons. The van der Waals surface area contributed by atoms with Crippen molar-refractivity contribution in [1.29, 1.82) is 10.5 Å².